The van der Waals surface area contributed by atoms with Crippen LogP contribution in [0, 0.1) is 11.8 Å². The second-order valence-electron chi connectivity index (χ2n) is 9.02. The van der Waals surface area contributed by atoms with Crippen molar-refractivity contribution in [3.8, 4) is 0 Å². The predicted molar refractivity (Wildman–Crippen MR) is 131 cm³/mol. The molecule has 178 valence electrons. The second kappa shape index (κ2) is 9.29. The fourth-order valence-electron chi connectivity index (χ4n) is 5.50. The van der Waals surface area contributed by atoms with Gasteiger partial charge in [0.2, 0.25) is 11.8 Å². The van der Waals surface area contributed by atoms with Gasteiger partial charge in [0.25, 0.3) is 0 Å². The van der Waals surface area contributed by atoms with Gasteiger partial charge in [-0.3, -0.25) is 24.6 Å². The van der Waals surface area contributed by atoms with Crippen molar-refractivity contribution in [2.24, 2.45) is 11.8 Å². The Labute approximate surface area is 208 Å². The van der Waals surface area contributed by atoms with Gasteiger partial charge in [-0.15, -0.1) is 0 Å². The van der Waals surface area contributed by atoms with Crippen LogP contribution in [0.5, 0.6) is 0 Å². The zero-order valence-corrected chi connectivity index (χ0v) is 19.9. The zero-order chi connectivity index (χ0) is 24.6. The lowest BCUT2D eigenvalue weighted by molar-refractivity contribution is -0.154. The standard InChI is InChI=1S/C28H25ClN2O4/c1-35-27(34)28(16-18-10-4-2-5-11-18)23-22(24(30-28)20-14-8-9-15-21(20)29)25(32)31(26(23)33)17-19-12-6-3-7-13-19/h2-15,22-24,30H,16-17H2,1H3/t22-,23-,24-,28-/m0/s1. The SMILES string of the molecule is COC(=O)[C@@]1(Cc2ccccc2)N[C@@H](c2ccccc2Cl)[C@H]2C(=O)N(Cc3ccccc3)C(=O)[C@H]21. The van der Waals surface area contributed by atoms with Crippen LogP contribution in [-0.4, -0.2) is 35.3 Å². The number of esters is 1. The third-order valence-corrected chi connectivity index (χ3v) is 7.39. The summed E-state index contributed by atoms with van der Waals surface area (Å²) in [5.74, 6) is -3.01. The molecule has 2 saturated heterocycles. The van der Waals surface area contributed by atoms with E-state index in [4.69, 9.17) is 16.3 Å². The Morgan fingerprint density at radius 1 is 0.914 bits per heavy atom. The smallest absolute Gasteiger partial charge is 0.327 e. The van der Waals surface area contributed by atoms with E-state index in [-0.39, 0.29) is 24.8 Å². The van der Waals surface area contributed by atoms with Crippen LogP contribution in [0.3, 0.4) is 0 Å². The number of halogens is 1. The number of carbonyl (C=O) groups is 3. The highest BCUT2D eigenvalue weighted by Gasteiger charge is 2.68. The molecule has 0 bridgehead atoms. The zero-order valence-electron chi connectivity index (χ0n) is 19.2. The normalized spacial score (nSPS) is 25.5. The number of fused-ring (bicyclic) bond motifs is 1. The van der Waals surface area contributed by atoms with Crippen molar-refractivity contribution >= 4 is 29.4 Å². The fourth-order valence-corrected chi connectivity index (χ4v) is 5.75. The number of hydrogen-bond donors (Lipinski definition) is 1. The average molecular weight is 489 g/mol. The lowest BCUT2D eigenvalue weighted by atomic mass is 9.76. The van der Waals surface area contributed by atoms with E-state index in [1.54, 1.807) is 12.1 Å². The van der Waals surface area contributed by atoms with Crippen LogP contribution in [-0.2, 0) is 32.1 Å². The first kappa shape index (κ1) is 23.3. The molecule has 4 atom stereocenters. The number of amides is 2. The van der Waals surface area contributed by atoms with E-state index in [0.717, 1.165) is 11.1 Å². The molecule has 0 unspecified atom stereocenters. The Kier molecular flexibility index (Phi) is 6.17. The highest BCUT2D eigenvalue weighted by molar-refractivity contribution is 6.31. The number of benzene rings is 3. The topological polar surface area (TPSA) is 75.7 Å². The third-order valence-electron chi connectivity index (χ3n) is 7.04. The van der Waals surface area contributed by atoms with Crippen molar-refractivity contribution < 1.29 is 19.1 Å². The van der Waals surface area contributed by atoms with Crippen molar-refractivity contribution in [1.29, 1.82) is 0 Å². The van der Waals surface area contributed by atoms with Gasteiger partial charge >= 0.3 is 5.97 Å². The number of nitrogens with zero attached hydrogens (tertiary/aromatic N) is 1. The molecule has 0 spiro atoms. The summed E-state index contributed by atoms with van der Waals surface area (Å²) in [6, 6.07) is 25.4. The van der Waals surface area contributed by atoms with Crippen LogP contribution in [0.2, 0.25) is 5.02 Å². The maximum Gasteiger partial charge on any atom is 0.327 e. The summed E-state index contributed by atoms with van der Waals surface area (Å²) in [6.45, 7) is 0.142. The minimum Gasteiger partial charge on any atom is -0.468 e. The number of ether oxygens (including phenoxy) is 1. The molecule has 0 saturated carbocycles. The van der Waals surface area contributed by atoms with Crippen molar-refractivity contribution in [1.82, 2.24) is 10.2 Å². The number of methoxy groups -OCH3 is 1. The maximum atomic E-state index is 13.9. The van der Waals surface area contributed by atoms with Crippen LogP contribution in [0.25, 0.3) is 0 Å². The van der Waals surface area contributed by atoms with Gasteiger partial charge in [0, 0.05) is 17.5 Å². The quantitative estimate of drug-likeness (QED) is 0.420. The second-order valence-corrected chi connectivity index (χ2v) is 9.43. The van der Waals surface area contributed by atoms with Crippen LogP contribution in [0.4, 0.5) is 0 Å². The fraction of sp³-hybridized carbons (Fsp3) is 0.250. The molecule has 0 aliphatic carbocycles. The van der Waals surface area contributed by atoms with E-state index in [0.29, 0.717) is 10.6 Å². The summed E-state index contributed by atoms with van der Waals surface area (Å²) in [5.41, 5.74) is 0.933. The summed E-state index contributed by atoms with van der Waals surface area (Å²) in [6.07, 6.45) is 0.195. The molecule has 3 aromatic rings. The van der Waals surface area contributed by atoms with Gasteiger partial charge in [0.15, 0.2) is 0 Å². The number of imide groups is 1. The molecule has 2 aliphatic rings. The Bertz CT molecular complexity index is 1270. The van der Waals surface area contributed by atoms with Crippen LogP contribution < -0.4 is 5.32 Å². The van der Waals surface area contributed by atoms with Crippen molar-refractivity contribution in [2.45, 2.75) is 24.5 Å². The largest absolute Gasteiger partial charge is 0.468 e. The average Bonchev–Trinajstić information content (AvgIpc) is 3.34. The highest BCUT2D eigenvalue weighted by Crippen LogP contribution is 2.51. The van der Waals surface area contributed by atoms with E-state index < -0.39 is 29.4 Å². The molecular weight excluding hydrogens is 464 g/mol. The number of carbonyl (C=O) groups excluding carboxylic acids is 3. The molecule has 35 heavy (non-hydrogen) atoms. The molecule has 2 aliphatic heterocycles. The van der Waals surface area contributed by atoms with Gasteiger partial charge in [0.1, 0.15) is 5.54 Å². The molecule has 2 fully saturated rings. The van der Waals surface area contributed by atoms with E-state index in [1.165, 1.54) is 12.0 Å². The van der Waals surface area contributed by atoms with Gasteiger partial charge < -0.3 is 4.74 Å². The molecule has 2 amide bonds. The van der Waals surface area contributed by atoms with Gasteiger partial charge in [-0.1, -0.05) is 90.5 Å². The molecule has 5 rings (SSSR count). The summed E-state index contributed by atoms with van der Waals surface area (Å²) in [4.78, 5) is 42.5. The highest BCUT2D eigenvalue weighted by atomic mass is 35.5. The van der Waals surface area contributed by atoms with E-state index >= 15 is 0 Å². The first-order chi connectivity index (χ1) is 17.0. The maximum absolute atomic E-state index is 13.9. The summed E-state index contributed by atoms with van der Waals surface area (Å²) >= 11 is 6.55. The lowest BCUT2D eigenvalue weighted by Gasteiger charge is -2.32. The van der Waals surface area contributed by atoms with Crippen LogP contribution >= 0.6 is 11.6 Å². The Morgan fingerprint density at radius 2 is 1.51 bits per heavy atom. The van der Waals surface area contributed by atoms with Crippen LogP contribution in [0.1, 0.15) is 22.7 Å². The number of hydrogen-bond acceptors (Lipinski definition) is 5. The van der Waals surface area contributed by atoms with Crippen molar-refractivity contribution in [2.75, 3.05) is 7.11 Å². The molecule has 3 aromatic carbocycles. The van der Waals surface area contributed by atoms with Gasteiger partial charge in [-0.05, 0) is 22.8 Å². The Hall–Kier alpha value is -3.48. The van der Waals surface area contributed by atoms with E-state index in [2.05, 4.69) is 5.32 Å². The molecule has 7 heteroatoms. The Balaban J connectivity index is 1.64. The van der Waals surface area contributed by atoms with Crippen molar-refractivity contribution in [3.63, 3.8) is 0 Å². The lowest BCUT2D eigenvalue weighted by Crippen LogP contribution is -2.57. The van der Waals surface area contributed by atoms with Gasteiger partial charge in [0.05, 0.1) is 25.5 Å². The molecule has 0 radical (unpaired) electrons. The first-order valence-corrected chi connectivity index (χ1v) is 11.9. The summed E-state index contributed by atoms with van der Waals surface area (Å²) < 4.78 is 5.25. The molecule has 2 heterocycles. The van der Waals surface area contributed by atoms with Gasteiger partial charge in [-0.25, -0.2) is 0 Å². The minimum absolute atomic E-state index is 0.142. The summed E-state index contributed by atoms with van der Waals surface area (Å²) in [7, 11) is 1.30. The third kappa shape index (κ3) is 3.93. The Morgan fingerprint density at radius 3 is 2.14 bits per heavy atom. The minimum atomic E-state index is -1.43. The molecule has 1 N–H and O–H groups in total. The molecule has 0 aromatic heterocycles. The number of likely N-dealkylation sites (tertiary alicyclic amines) is 1. The predicted octanol–water partition coefficient (Wildman–Crippen LogP) is 3.94. The first-order valence-electron chi connectivity index (χ1n) is 11.5. The van der Waals surface area contributed by atoms with E-state index in [1.807, 2.05) is 72.8 Å². The molecule has 6 nitrogen and oxygen atoms in total. The number of rotatable bonds is 6. The van der Waals surface area contributed by atoms with Gasteiger partial charge in [-0.2, -0.15) is 0 Å². The van der Waals surface area contributed by atoms with Crippen LogP contribution in [0.15, 0.2) is 84.9 Å². The summed E-state index contributed by atoms with van der Waals surface area (Å²) in [5, 5.41) is 3.84. The van der Waals surface area contributed by atoms with Crippen molar-refractivity contribution in [3.05, 3.63) is 107 Å². The molecular formula is C28H25ClN2O4. The monoisotopic (exact) mass is 488 g/mol. The van der Waals surface area contributed by atoms with E-state index in [9.17, 15) is 14.4 Å². The number of nitrogens with one attached hydrogen (secondary N) is 1.